The number of rotatable bonds is 16. The first-order valence-corrected chi connectivity index (χ1v) is 19.9. The van der Waals surface area contributed by atoms with E-state index in [4.69, 9.17) is 27.9 Å². The minimum Gasteiger partial charge on any atom is -0.494 e. The predicted octanol–water partition coefficient (Wildman–Crippen LogP) is 7.90. The molecular formula is C41H40Cl2N4O5S. The molecule has 53 heavy (non-hydrogen) atoms. The highest BCUT2D eigenvalue weighted by Gasteiger charge is 2.27. The van der Waals surface area contributed by atoms with Crippen molar-refractivity contribution in [2.75, 3.05) is 24.7 Å². The van der Waals surface area contributed by atoms with Crippen molar-refractivity contribution in [3.8, 4) is 5.75 Å². The molecule has 0 aliphatic carbocycles. The molecule has 0 aliphatic heterocycles. The summed E-state index contributed by atoms with van der Waals surface area (Å²) < 4.78 is 36.7. The first-order valence-electron chi connectivity index (χ1n) is 17.3. The van der Waals surface area contributed by atoms with Crippen molar-refractivity contribution in [3.63, 3.8) is 0 Å². The topological polar surface area (TPSA) is 112 Å². The molecule has 0 spiro atoms. The van der Waals surface area contributed by atoms with Gasteiger partial charge in [0.05, 0.1) is 23.6 Å². The Bertz CT molecular complexity index is 2330. The number of hydrogen-bond donors (Lipinski definition) is 1. The summed E-state index contributed by atoms with van der Waals surface area (Å²) >= 11 is 12.8. The molecule has 0 unspecified atom stereocenters. The molecule has 6 aromatic rings. The molecule has 9 nitrogen and oxygen atoms in total. The van der Waals surface area contributed by atoms with Gasteiger partial charge < -0.3 is 19.2 Å². The second-order valence-electron chi connectivity index (χ2n) is 13.0. The van der Waals surface area contributed by atoms with Gasteiger partial charge in [-0.15, -0.1) is 0 Å². The number of nitrogens with zero attached hydrogens (tertiary/aromatic N) is 3. The molecule has 0 saturated carbocycles. The Balaban J connectivity index is 1.20. The first-order chi connectivity index (χ1) is 25.5. The Labute approximate surface area is 319 Å². The standard InChI is InChI=1S/C41H40Cl2N4O5S/c1-28-21-33(22-29(2)39(28)43)52-19-8-12-35-34-15-14-32(42)23-37(34)47(26-31-11-6-16-44-24-31)40(35)38(48)27-53(50,51)20-17-45-41(49)36-13-7-18-46(36)25-30-9-4-3-5-10-30/h3-7,9-11,13-16,18,21-24H,8,12,17,19-20,25-27H2,1-2H3,(H,45,49). The van der Waals surface area contributed by atoms with Crippen LogP contribution in [0.4, 0.5) is 0 Å². The Morgan fingerprint density at radius 1 is 0.887 bits per heavy atom. The van der Waals surface area contributed by atoms with E-state index in [1.54, 1.807) is 47.4 Å². The molecule has 0 bridgehead atoms. The van der Waals surface area contributed by atoms with Gasteiger partial charge in [0.1, 0.15) is 17.2 Å². The molecule has 12 heteroatoms. The van der Waals surface area contributed by atoms with Crippen molar-refractivity contribution in [1.82, 2.24) is 19.4 Å². The molecule has 3 heterocycles. The van der Waals surface area contributed by atoms with Crippen molar-refractivity contribution in [2.24, 2.45) is 0 Å². The second kappa shape index (κ2) is 16.8. The maximum absolute atomic E-state index is 14.2. The van der Waals surface area contributed by atoms with E-state index in [1.165, 1.54) is 0 Å². The van der Waals surface area contributed by atoms with E-state index in [9.17, 15) is 18.0 Å². The minimum absolute atomic E-state index is 0.146. The van der Waals surface area contributed by atoms with Crippen molar-refractivity contribution in [2.45, 2.75) is 39.8 Å². The van der Waals surface area contributed by atoms with Gasteiger partial charge in [-0.2, -0.15) is 0 Å². The van der Waals surface area contributed by atoms with Crippen LogP contribution in [0.3, 0.4) is 0 Å². The Morgan fingerprint density at radius 2 is 1.64 bits per heavy atom. The molecule has 3 aromatic carbocycles. The lowest BCUT2D eigenvalue weighted by atomic mass is 10.0. The van der Waals surface area contributed by atoms with Crippen LogP contribution in [0.5, 0.6) is 5.75 Å². The molecule has 3 aromatic heterocycles. The van der Waals surface area contributed by atoms with E-state index < -0.39 is 33.0 Å². The van der Waals surface area contributed by atoms with Gasteiger partial charge in [0.15, 0.2) is 15.6 Å². The fraction of sp³-hybridized carbons (Fsp3) is 0.244. The van der Waals surface area contributed by atoms with Gasteiger partial charge in [-0.1, -0.05) is 65.7 Å². The average Bonchev–Trinajstić information content (AvgIpc) is 3.71. The number of amides is 1. The number of fused-ring (bicyclic) bond motifs is 1. The Kier molecular flexibility index (Phi) is 12.0. The van der Waals surface area contributed by atoms with Crippen molar-refractivity contribution in [1.29, 1.82) is 0 Å². The number of hydrogen-bond acceptors (Lipinski definition) is 6. The van der Waals surface area contributed by atoms with Crippen LogP contribution < -0.4 is 10.1 Å². The van der Waals surface area contributed by atoms with E-state index in [0.29, 0.717) is 58.7 Å². The van der Waals surface area contributed by atoms with Gasteiger partial charge in [0.25, 0.3) is 5.91 Å². The van der Waals surface area contributed by atoms with Crippen LogP contribution in [-0.2, 0) is 29.3 Å². The van der Waals surface area contributed by atoms with Gasteiger partial charge in [-0.25, -0.2) is 8.42 Å². The molecule has 1 N–H and O–H groups in total. The molecule has 0 radical (unpaired) electrons. The van der Waals surface area contributed by atoms with E-state index in [0.717, 1.165) is 33.2 Å². The maximum atomic E-state index is 14.2. The van der Waals surface area contributed by atoms with Crippen molar-refractivity contribution >= 4 is 55.6 Å². The number of benzene rings is 3. The van der Waals surface area contributed by atoms with Crippen LogP contribution in [0.2, 0.25) is 10.0 Å². The number of pyridine rings is 1. The molecule has 0 saturated heterocycles. The molecule has 0 fully saturated rings. The lowest BCUT2D eigenvalue weighted by Crippen LogP contribution is -2.32. The molecule has 6 rings (SSSR count). The number of carbonyl (C=O) groups is 2. The number of Topliss-reactive ketones (excluding diaryl/α,β-unsaturated/α-hetero) is 1. The summed E-state index contributed by atoms with van der Waals surface area (Å²) in [7, 11) is -3.94. The average molecular weight is 772 g/mol. The minimum atomic E-state index is -3.94. The fourth-order valence-electron chi connectivity index (χ4n) is 6.52. The SMILES string of the molecule is Cc1cc(OCCCc2c(C(=O)CS(=O)(=O)CCNC(=O)c3cccn3Cc3ccccc3)n(Cc3cccnc3)c3cc(Cl)ccc23)cc(C)c1Cl. The van der Waals surface area contributed by atoms with Crippen LogP contribution in [-0.4, -0.2) is 58.9 Å². The number of nitrogens with one attached hydrogen (secondary N) is 1. The van der Waals surface area contributed by atoms with Gasteiger partial charge >= 0.3 is 0 Å². The number of ether oxygens (including phenoxy) is 1. The van der Waals surface area contributed by atoms with Crippen molar-refractivity contribution in [3.05, 3.63) is 153 Å². The molecular weight excluding hydrogens is 731 g/mol. The lowest BCUT2D eigenvalue weighted by molar-refractivity contribution is 0.0946. The van der Waals surface area contributed by atoms with Gasteiger partial charge in [0, 0.05) is 53.7 Å². The predicted molar refractivity (Wildman–Crippen MR) is 210 cm³/mol. The normalized spacial score (nSPS) is 11.5. The van der Waals surface area contributed by atoms with Crippen molar-refractivity contribution < 1.29 is 22.7 Å². The highest BCUT2D eigenvalue weighted by Crippen LogP contribution is 2.32. The second-order valence-corrected chi connectivity index (χ2v) is 16.0. The van der Waals surface area contributed by atoms with E-state index >= 15 is 0 Å². The summed E-state index contributed by atoms with van der Waals surface area (Å²) in [4.78, 5) is 31.5. The zero-order valence-electron chi connectivity index (χ0n) is 29.5. The number of ketones is 1. The largest absolute Gasteiger partial charge is 0.494 e. The number of sulfone groups is 1. The molecule has 274 valence electrons. The summed E-state index contributed by atoms with van der Waals surface area (Å²) in [6.07, 6.45) is 6.19. The van der Waals surface area contributed by atoms with E-state index in [1.807, 2.05) is 79.1 Å². The summed E-state index contributed by atoms with van der Waals surface area (Å²) in [6.45, 7) is 4.85. The highest BCUT2D eigenvalue weighted by molar-refractivity contribution is 7.92. The Morgan fingerprint density at radius 3 is 2.38 bits per heavy atom. The van der Waals surface area contributed by atoms with Gasteiger partial charge in [-0.05, 0) is 97.0 Å². The van der Waals surface area contributed by atoms with Gasteiger partial charge in [0.2, 0.25) is 0 Å². The number of aryl methyl sites for hydroxylation is 3. The number of halogens is 2. The number of carbonyl (C=O) groups excluding carboxylic acids is 2. The summed E-state index contributed by atoms with van der Waals surface area (Å²) in [5, 5.41) is 4.72. The van der Waals surface area contributed by atoms with Crippen LogP contribution >= 0.6 is 23.2 Å². The smallest absolute Gasteiger partial charge is 0.267 e. The first kappa shape index (κ1) is 37.8. The lowest BCUT2D eigenvalue weighted by Gasteiger charge is -2.13. The van der Waals surface area contributed by atoms with Gasteiger partial charge in [-0.3, -0.25) is 14.6 Å². The summed E-state index contributed by atoms with van der Waals surface area (Å²) in [5.74, 6) is -1.36. The molecule has 1 amide bonds. The third-order valence-corrected chi connectivity index (χ3v) is 11.4. The Hall–Kier alpha value is -4.90. The zero-order valence-corrected chi connectivity index (χ0v) is 31.8. The summed E-state index contributed by atoms with van der Waals surface area (Å²) in [5.41, 5.74) is 5.86. The monoisotopic (exact) mass is 770 g/mol. The molecule has 0 atom stereocenters. The van der Waals surface area contributed by atoms with Crippen LogP contribution in [0, 0.1) is 13.8 Å². The summed E-state index contributed by atoms with van der Waals surface area (Å²) in [6, 6.07) is 26.1. The van der Waals surface area contributed by atoms with E-state index in [-0.39, 0.29) is 13.1 Å². The quantitative estimate of drug-likeness (QED) is 0.0792. The number of aromatic nitrogens is 3. The maximum Gasteiger partial charge on any atom is 0.267 e. The van der Waals surface area contributed by atoms with Crippen LogP contribution in [0.1, 0.15) is 55.2 Å². The molecule has 0 aliphatic rings. The third-order valence-electron chi connectivity index (χ3n) is 9.02. The fourth-order valence-corrected chi connectivity index (χ4v) is 7.89. The highest BCUT2D eigenvalue weighted by atomic mass is 35.5. The van der Waals surface area contributed by atoms with Crippen LogP contribution in [0.15, 0.2) is 104 Å². The third kappa shape index (κ3) is 9.37. The zero-order chi connectivity index (χ0) is 37.5. The van der Waals surface area contributed by atoms with Crippen LogP contribution in [0.25, 0.3) is 10.9 Å². The van der Waals surface area contributed by atoms with E-state index in [2.05, 4.69) is 10.3 Å².